The summed E-state index contributed by atoms with van der Waals surface area (Å²) in [5, 5.41) is 8.70. The smallest absolute Gasteiger partial charge is 0.303 e. The maximum Gasteiger partial charge on any atom is 0.303 e. The molecule has 0 saturated heterocycles. The highest BCUT2D eigenvalue weighted by atomic mass is 16.4. The Bertz CT molecular complexity index is 605. The number of carboxylic acids is 1. The third-order valence-electron chi connectivity index (χ3n) is 3.25. The Morgan fingerprint density at radius 3 is 2.58 bits per heavy atom. The number of hydrogen-bond donors (Lipinski definition) is 1. The molecule has 3 heteroatoms. The second-order valence-corrected chi connectivity index (χ2v) is 4.73. The van der Waals surface area contributed by atoms with Crippen molar-refractivity contribution in [2.45, 2.75) is 26.7 Å². The third kappa shape index (κ3) is 3.19. The highest BCUT2D eigenvalue weighted by Gasteiger charge is 2.07. The molecule has 0 bridgehead atoms. The van der Waals surface area contributed by atoms with Gasteiger partial charge in [-0.1, -0.05) is 18.2 Å². The fraction of sp³-hybridized carbons (Fsp3) is 0.250. The fourth-order valence-electron chi connectivity index (χ4n) is 2.18. The van der Waals surface area contributed by atoms with E-state index in [0.717, 1.165) is 22.3 Å². The summed E-state index contributed by atoms with van der Waals surface area (Å²) in [5.74, 6) is -0.759. The van der Waals surface area contributed by atoms with E-state index in [9.17, 15) is 4.79 Å². The van der Waals surface area contributed by atoms with E-state index < -0.39 is 5.97 Å². The SMILES string of the molecule is Cc1cc(CCC(=O)O)ccc1-c1cnccc1C. The van der Waals surface area contributed by atoms with Gasteiger partial charge in [0.1, 0.15) is 0 Å². The van der Waals surface area contributed by atoms with Crippen molar-refractivity contribution >= 4 is 5.97 Å². The number of aryl methyl sites for hydroxylation is 3. The molecule has 0 atom stereocenters. The molecule has 0 aliphatic heterocycles. The van der Waals surface area contributed by atoms with Gasteiger partial charge in [0.25, 0.3) is 0 Å². The van der Waals surface area contributed by atoms with Crippen molar-refractivity contribution in [2.75, 3.05) is 0 Å². The minimum Gasteiger partial charge on any atom is -0.481 e. The van der Waals surface area contributed by atoms with E-state index in [2.05, 4.69) is 24.0 Å². The number of aromatic nitrogens is 1. The van der Waals surface area contributed by atoms with Crippen LogP contribution in [0.3, 0.4) is 0 Å². The number of carbonyl (C=O) groups is 1. The minimum atomic E-state index is -0.759. The standard InChI is InChI=1S/C16H17NO2/c1-11-7-8-17-10-15(11)14-5-3-13(9-12(14)2)4-6-16(18)19/h3,5,7-10H,4,6H2,1-2H3,(H,18,19). The number of nitrogens with zero attached hydrogens (tertiary/aromatic N) is 1. The molecule has 1 heterocycles. The van der Waals surface area contributed by atoms with E-state index in [0.29, 0.717) is 6.42 Å². The fourth-order valence-corrected chi connectivity index (χ4v) is 2.18. The van der Waals surface area contributed by atoms with Gasteiger partial charge in [0.15, 0.2) is 0 Å². The van der Waals surface area contributed by atoms with Gasteiger partial charge in [-0.05, 0) is 48.6 Å². The van der Waals surface area contributed by atoms with Crippen molar-refractivity contribution < 1.29 is 9.90 Å². The monoisotopic (exact) mass is 255 g/mol. The molecular formula is C16H17NO2. The maximum atomic E-state index is 10.6. The van der Waals surface area contributed by atoms with Crippen LogP contribution in [0.25, 0.3) is 11.1 Å². The van der Waals surface area contributed by atoms with Crippen LogP contribution in [-0.2, 0) is 11.2 Å². The van der Waals surface area contributed by atoms with Crippen LogP contribution in [0.5, 0.6) is 0 Å². The predicted molar refractivity (Wildman–Crippen MR) is 75.1 cm³/mol. The zero-order valence-electron chi connectivity index (χ0n) is 11.2. The molecule has 1 aromatic heterocycles. The van der Waals surface area contributed by atoms with Crippen molar-refractivity contribution in [3.05, 3.63) is 53.3 Å². The van der Waals surface area contributed by atoms with Crippen LogP contribution in [0.1, 0.15) is 23.1 Å². The Labute approximate surface area is 112 Å². The molecule has 2 rings (SSSR count). The van der Waals surface area contributed by atoms with Crippen molar-refractivity contribution in [3.63, 3.8) is 0 Å². The van der Waals surface area contributed by atoms with Crippen molar-refractivity contribution in [1.29, 1.82) is 0 Å². The Hall–Kier alpha value is -2.16. The number of benzene rings is 1. The first-order valence-corrected chi connectivity index (χ1v) is 6.30. The van der Waals surface area contributed by atoms with Gasteiger partial charge in [-0.15, -0.1) is 0 Å². The Balaban J connectivity index is 2.30. The molecule has 3 nitrogen and oxygen atoms in total. The Morgan fingerprint density at radius 1 is 1.16 bits per heavy atom. The first kappa shape index (κ1) is 13.3. The van der Waals surface area contributed by atoms with Gasteiger partial charge in [0.05, 0.1) is 0 Å². The molecule has 19 heavy (non-hydrogen) atoms. The molecule has 98 valence electrons. The van der Waals surface area contributed by atoms with E-state index >= 15 is 0 Å². The van der Waals surface area contributed by atoms with Crippen LogP contribution >= 0.6 is 0 Å². The van der Waals surface area contributed by atoms with Crippen molar-refractivity contribution in [1.82, 2.24) is 4.98 Å². The molecule has 0 radical (unpaired) electrons. The quantitative estimate of drug-likeness (QED) is 0.911. The van der Waals surface area contributed by atoms with Crippen LogP contribution in [-0.4, -0.2) is 16.1 Å². The summed E-state index contributed by atoms with van der Waals surface area (Å²) in [7, 11) is 0. The van der Waals surface area contributed by atoms with E-state index in [4.69, 9.17) is 5.11 Å². The first-order valence-electron chi connectivity index (χ1n) is 6.30. The van der Waals surface area contributed by atoms with Gasteiger partial charge in [-0.2, -0.15) is 0 Å². The summed E-state index contributed by atoms with van der Waals surface area (Å²) in [5.41, 5.74) is 5.69. The van der Waals surface area contributed by atoms with Crippen molar-refractivity contribution in [3.8, 4) is 11.1 Å². The summed E-state index contributed by atoms with van der Waals surface area (Å²) < 4.78 is 0. The molecule has 0 spiro atoms. The molecule has 0 saturated carbocycles. The third-order valence-corrected chi connectivity index (χ3v) is 3.25. The van der Waals surface area contributed by atoms with Gasteiger partial charge in [0.2, 0.25) is 0 Å². The summed E-state index contributed by atoms with van der Waals surface area (Å²) in [6.07, 6.45) is 4.40. The number of pyridine rings is 1. The molecule has 1 N–H and O–H groups in total. The van der Waals surface area contributed by atoms with Gasteiger partial charge < -0.3 is 5.11 Å². The van der Waals surface area contributed by atoms with E-state index in [-0.39, 0.29) is 6.42 Å². The Morgan fingerprint density at radius 2 is 1.95 bits per heavy atom. The van der Waals surface area contributed by atoms with Crippen LogP contribution < -0.4 is 0 Å². The predicted octanol–water partition coefficient (Wildman–Crippen LogP) is 3.38. The lowest BCUT2D eigenvalue weighted by atomic mass is 9.95. The summed E-state index contributed by atoms with van der Waals surface area (Å²) >= 11 is 0. The number of rotatable bonds is 4. The van der Waals surface area contributed by atoms with E-state index in [1.807, 2.05) is 25.3 Å². The molecule has 1 aromatic carbocycles. The molecule has 2 aromatic rings. The summed E-state index contributed by atoms with van der Waals surface area (Å²) in [6, 6.07) is 8.10. The number of carboxylic acid groups (broad SMARTS) is 1. The van der Waals surface area contributed by atoms with Gasteiger partial charge >= 0.3 is 5.97 Å². The Kier molecular flexibility index (Phi) is 3.95. The van der Waals surface area contributed by atoms with Crippen molar-refractivity contribution in [2.24, 2.45) is 0 Å². The normalized spacial score (nSPS) is 10.4. The average molecular weight is 255 g/mol. The van der Waals surface area contributed by atoms with Crippen LogP contribution in [0.15, 0.2) is 36.7 Å². The molecule has 0 unspecified atom stereocenters. The molecule has 0 fully saturated rings. The van der Waals surface area contributed by atoms with Crippen LogP contribution in [0, 0.1) is 13.8 Å². The zero-order chi connectivity index (χ0) is 13.8. The van der Waals surface area contributed by atoms with E-state index in [1.54, 1.807) is 6.20 Å². The molecular weight excluding hydrogens is 238 g/mol. The largest absolute Gasteiger partial charge is 0.481 e. The molecule has 0 aliphatic rings. The first-order chi connectivity index (χ1) is 9.08. The van der Waals surface area contributed by atoms with Crippen LogP contribution in [0.4, 0.5) is 0 Å². The summed E-state index contributed by atoms with van der Waals surface area (Å²) in [4.78, 5) is 14.7. The minimum absolute atomic E-state index is 0.171. The average Bonchev–Trinajstić information content (AvgIpc) is 2.38. The topological polar surface area (TPSA) is 50.2 Å². The number of aliphatic carboxylic acids is 1. The summed E-state index contributed by atoms with van der Waals surface area (Å²) in [6.45, 7) is 4.11. The lowest BCUT2D eigenvalue weighted by Gasteiger charge is -2.10. The van der Waals surface area contributed by atoms with Gasteiger partial charge in [-0.25, -0.2) is 0 Å². The second-order valence-electron chi connectivity index (χ2n) is 4.73. The highest BCUT2D eigenvalue weighted by Crippen LogP contribution is 2.26. The van der Waals surface area contributed by atoms with Gasteiger partial charge in [0, 0.05) is 24.4 Å². The van der Waals surface area contributed by atoms with Gasteiger partial charge in [-0.3, -0.25) is 9.78 Å². The number of hydrogen-bond acceptors (Lipinski definition) is 2. The maximum absolute atomic E-state index is 10.6. The highest BCUT2D eigenvalue weighted by molar-refractivity contribution is 5.70. The lowest BCUT2D eigenvalue weighted by molar-refractivity contribution is -0.136. The lowest BCUT2D eigenvalue weighted by Crippen LogP contribution is -1.98. The van der Waals surface area contributed by atoms with E-state index in [1.165, 1.54) is 5.56 Å². The zero-order valence-corrected chi connectivity index (χ0v) is 11.2. The van der Waals surface area contributed by atoms with Crippen LogP contribution in [0.2, 0.25) is 0 Å². The molecule has 0 aliphatic carbocycles. The second kappa shape index (κ2) is 5.65. The molecule has 0 amide bonds.